The van der Waals surface area contributed by atoms with Gasteiger partial charge in [0.15, 0.2) is 6.61 Å². The number of methoxy groups -OCH3 is 1. The van der Waals surface area contributed by atoms with Crippen molar-refractivity contribution >= 4 is 28.9 Å². The third-order valence-electron chi connectivity index (χ3n) is 3.11. The third kappa shape index (κ3) is 4.53. The Labute approximate surface area is 138 Å². The van der Waals surface area contributed by atoms with Crippen LogP contribution in [0.3, 0.4) is 0 Å². The standard InChI is InChI=1S/C16H18N2O4S/c1-4-14-17-8-13(23-14)16(20)18-12-6-5-11(7-10(12)2)22-9-15(19)21-3/h5-8H,4,9H2,1-3H3,(H,18,20). The average molecular weight is 334 g/mol. The van der Waals surface area contributed by atoms with E-state index in [1.165, 1.54) is 18.4 Å². The molecule has 0 aliphatic rings. The topological polar surface area (TPSA) is 77.5 Å². The number of carbonyl (C=O) groups excluding carboxylic acids is 2. The number of hydrogen-bond acceptors (Lipinski definition) is 6. The molecule has 122 valence electrons. The molecule has 7 heteroatoms. The molecule has 0 unspecified atom stereocenters. The molecule has 0 saturated heterocycles. The minimum absolute atomic E-state index is 0.150. The fourth-order valence-electron chi connectivity index (χ4n) is 1.83. The summed E-state index contributed by atoms with van der Waals surface area (Å²) in [5, 5.41) is 3.78. The van der Waals surface area contributed by atoms with Crippen molar-refractivity contribution in [2.45, 2.75) is 20.3 Å². The molecular formula is C16H18N2O4S. The normalized spacial score (nSPS) is 10.2. The van der Waals surface area contributed by atoms with E-state index in [4.69, 9.17) is 4.74 Å². The lowest BCUT2D eigenvalue weighted by Crippen LogP contribution is -2.13. The number of rotatable bonds is 6. The van der Waals surface area contributed by atoms with Crippen molar-refractivity contribution in [2.24, 2.45) is 0 Å². The van der Waals surface area contributed by atoms with Crippen molar-refractivity contribution in [1.29, 1.82) is 0 Å². The molecule has 2 rings (SSSR count). The second-order valence-corrected chi connectivity index (χ2v) is 5.88. The molecule has 0 atom stereocenters. The van der Waals surface area contributed by atoms with Crippen LogP contribution < -0.4 is 10.1 Å². The van der Waals surface area contributed by atoms with Crippen LogP contribution in [0, 0.1) is 6.92 Å². The van der Waals surface area contributed by atoms with E-state index in [9.17, 15) is 9.59 Å². The van der Waals surface area contributed by atoms with E-state index in [0.717, 1.165) is 17.0 Å². The Bertz CT molecular complexity index is 712. The van der Waals surface area contributed by atoms with Crippen molar-refractivity contribution in [2.75, 3.05) is 19.0 Å². The molecule has 6 nitrogen and oxygen atoms in total. The molecule has 1 amide bonds. The van der Waals surface area contributed by atoms with Crippen molar-refractivity contribution in [3.8, 4) is 5.75 Å². The zero-order chi connectivity index (χ0) is 16.8. The van der Waals surface area contributed by atoms with Crippen molar-refractivity contribution < 1.29 is 19.1 Å². The van der Waals surface area contributed by atoms with Gasteiger partial charge in [-0.3, -0.25) is 4.79 Å². The van der Waals surface area contributed by atoms with Gasteiger partial charge in [0.25, 0.3) is 5.91 Å². The number of aromatic nitrogens is 1. The van der Waals surface area contributed by atoms with Crippen LogP contribution in [-0.2, 0) is 16.0 Å². The van der Waals surface area contributed by atoms with Gasteiger partial charge in [0.05, 0.1) is 18.3 Å². The molecule has 0 aliphatic heterocycles. The summed E-state index contributed by atoms with van der Waals surface area (Å²) in [4.78, 5) is 28.0. The maximum absolute atomic E-state index is 12.2. The van der Waals surface area contributed by atoms with Crippen LogP contribution in [0.15, 0.2) is 24.4 Å². The highest BCUT2D eigenvalue weighted by Gasteiger charge is 2.12. The minimum Gasteiger partial charge on any atom is -0.482 e. The van der Waals surface area contributed by atoms with Gasteiger partial charge in [0.1, 0.15) is 10.6 Å². The first-order chi connectivity index (χ1) is 11.0. The van der Waals surface area contributed by atoms with E-state index < -0.39 is 5.97 Å². The lowest BCUT2D eigenvalue weighted by Gasteiger charge is -2.10. The molecule has 23 heavy (non-hydrogen) atoms. The van der Waals surface area contributed by atoms with Crippen molar-refractivity contribution in [3.05, 3.63) is 39.8 Å². The number of esters is 1. The van der Waals surface area contributed by atoms with Crippen molar-refractivity contribution in [1.82, 2.24) is 4.98 Å². The predicted octanol–water partition coefficient (Wildman–Crippen LogP) is 2.82. The fourth-order valence-corrected chi connectivity index (χ4v) is 2.58. The number of ether oxygens (including phenoxy) is 2. The fraction of sp³-hybridized carbons (Fsp3) is 0.312. The molecule has 0 spiro atoms. The molecule has 0 radical (unpaired) electrons. The number of nitrogens with one attached hydrogen (secondary N) is 1. The SMILES string of the molecule is CCc1ncc(C(=O)Nc2ccc(OCC(=O)OC)cc2C)s1. The van der Waals surface area contributed by atoms with Gasteiger partial charge < -0.3 is 14.8 Å². The van der Waals surface area contributed by atoms with E-state index in [-0.39, 0.29) is 12.5 Å². The van der Waals surface area contributed by atoms with Gasteiger partial charge >= 0.3 is 5.97 Å². The first-order valence-corrected chi connectivity index (χ1v) is 7.91. The summed E-state index contributed by atoms with van der Waals surface area (Å²) >= 11 is 1.38. The molecule has 0 fully saturated rings. The van der Waals surface area contributed by atoms with E-state index in [0.29, 0.717) is 16.3 Å². The zero-order valence-corrected chi connectivity index (χ0v) is 14.0. The molecular weight excluding hydrogens is 316 g/mol. The summed E-state index contributed by atoms with van der Waals surface area (Å²) in [6.07, 6.45) is 2.39. The molecule has 2 aromatic rings. The van der Waals surface area contributed by atoms with Crippen LogP contribution >= 0.6 is 11.3 Å². The first kappa shape index (κ1) is 17.0. The zero-order valence-electron chi connectivity index (χ0n) is 13.2. The largest absolute Gasteiger partial charge is 0.482 e. The quantitative estimate of drug-likeness (QED) is 0.822. The first-order valence-electron chi connectivity index (χ1n) is 7.09. The second-order valence-electron chi connectivity index (χ2n) is 4.77. The number of amides is 1. The van der Waals surface area contributed by atoms with Crippen LogP contribution in [0.4, 0.5) is 5.69 Å². The smallest absolute Gasteiger partial charge is 0.343 e. The van der Waals surface area contributed by atoms with Crippen LogP contribution in [0.5, 0.6) is 5.75 Å². The Morgan fingerprint density at radius 1 is 1.35 bits per heavy atom. The Kier molecular flexibility index (Phi) is 5.70. The highest BCUT2D eigenvalue weighted by Crippen LogP contribution is 2.23. The maximum Gasteiger partial charge on any atom is 0.343 e. The summed E-state index contributed by atoms with van der Waals surface area (Å²) < 4.78 is 9.82. The molecule has 1 aromatic heterocycles. The maximum atomic E-state index is 12.2. The Morgan fingerprint density at radius 3 is 2.74 bits per heavy atom. The number of aryl methyl sites for hydroxylation is 2. The van der Waals surface area contributed by atoms with E-state index in [1.807, 2.05) is 13.8 Å². The van der Waals surface area contributed by atoms with Gasteiger partial charge in [-0.25, -0.2) is 9.78 Å². The molecule has 1 N–H and O–H groups in total. The molecule has 1 aromatic carbocycles. The number of benzene rings is 1. The third-order valence-corrected chi connectivity index (χ3v) is 4.25. The van der Waals surface area contributed by atoms with Crippen LogP contribution in [-0.4, -0.2) is 30.6 Å². The van der Waals surface area contributed by atoms with Crippen molar-refractivity contribution in [3.63, 3.8) is 0 Å². The molecule has 1 heterocycles. The predicted molar refractivity (Wildman–Crippen MR) is 88.1 cm³/mol. The summed E-state index contributed by atoms with van der Waals surface area (Å²) in [6, 6.07) is 5.18. The summed E-state index contributed by atoms with van der Waals surface area (Å²) in [6.45, 7) is 3.70. The van der Waals surface area contributed by atoms with Crippen LogP contribution in [0.25, 0.3) is 0 Å². The van der Waals surface area contributed by atoms with Gasteiger partial charge in [-0.15, -0.1) is 11.3 Å². The average Bonchev–Trinajstić information content (AvgIpc) is 3.04. The highest BCUT2D eigenvalue weighted by molar-refractivity contribution is 7.13. The van der Waals surface area contributed by atoms with Gasteiger partial charge in [-0.1, -0.05) is 6.92 Å². The molecule has 0 aliphatic carbocycles. The number of hydrogen-bond donors (Lipinski definition) is 1. The lowest BCUT2D eigenvalue weighted by molar-refractivity contribution is -0.142. The lowest BCUT2D eigenvalue weighted by atomic mass is 10.2. The van der Waals surface area contributed by atoms with Gasteiger partial charge in [0, 0.05) is 5.69 Å². The number of thiazole rings is 1. The Hall–Kier alpha value is -2.41. The van der Waals surface area contributed by atoms with Gasteiger partial charge in [-0.05, 0) is 37.1 Å². The molecule has 0 saturated carbocycles. The second kappa shape index (κ2) is 7.73. The van der Waals surface area contributed by atoms with Gasteiger partial charge in [0.2, 0.25) is 0 Å². The van der Waals surface area contributed by atoms with E-state index in [2.05, 4.69) is 15.0 Å². The van der Waals surface area contributed by atoms with Gasteiger partial charge in [-0.2, -0.15) is 0 Å². The Morgan fingerprint density at radius 2 is 2.13 bits per heavy atom. The highest BCUT2D eigenvalue weighted by atomic mass is 32.1. The number of nitrogens with zero attached hydrogens (tertiary/aromatic N) is 1. The monoisotopic (exact) mass is 334 g/mol. The van der Waals surface area contributed by atoms with E-state index in [1.54, 1.807) is 24.4 Å². The Balaban J connectivity index is 2.02. The van der Waals surface area contributed by atoms with E-state index >= 15 is 0 Å². The number of anilines is 1. The molecule has 0 bridgehead atoms. The van der Waals surface area contributed by atoms with Crippen LogP contribution in [0.2, 0.25) is 0 Å². The summed E-state index contributed by atoms with van der Waals surface area (Å²) in [5.41, 5.74) is 1.52. The summed E-state index contributed by atoms with van der Waals surface area (Å²) in [7, 11) is 1.30. The summed E-state index contributed by atoms with van der Waals surface area (Å²) in [5.74, 6) is -0.0950. The van der Waals surface area contributed by atoms with Crippen LogP contribution in [0.1, 0.15) is 27.2 Å². The minimum atomic E-state index is -0.447. The number of carbonyl (C=O) groups is 2.